The molecule has 0 amide bonds. The molecule has 0 aromatic rings. The predicted molar refractivity (Wildman–Crippen MR) is 94.3 cm³/mol. The number of aliphatic hydroxyl groups excluding tert-OH is 2. The van der Waals surface area contributed by atoms with E-state index in [0.29, 0.717) is 6.61 Å². The van der Waals surface area contributed by atoms with Crippen LogP contribution >= 0.6 is 0 Å². The van der Waals surface area contributed by atoms with Crippen LogP contribution in [0.2, 0.25) is 0 Å². The minimum absolute atomic E-state index is 0.386. The Kier molecular flexibility index (Phi) is 16.8. The molecule has 0 rings (SSSR count). The van der Waals surface area contributed by atoms with Crippen molar-refractivity contribution in [3.05, 3.63) is 12.2 Å². The first-order valence-corrected chi connectivity index (χ1v) is 9.34. The fourth-order valence-electron chi connectivity index (χ4n) is 2.41. The van der Waals surface area contributed by atoms with Crippen LogP contribution in [-0.4, -0.2) is 35.5 Å². The van der Waals surface area contributed by atoms with E-state index in [2.05, 4.69) is 6.92 Å². The van der Waals surface area contributed by atoms with Crippen molar-refractivity contribution in [1.82, 2.24) is 0 Å². The van der Waals surface area contributed by atoms with Crippen LogP contribution in [0, 0.1) is 0 Å². The maximum atomic E-state index is 11.3. The van der Waals surface area contributed by atoms with Crippen LogP contribution < -0.4 is 0 Å². The van der Waals surface area contributed by atoms with Crippen LogP contribution in [0.1, 0.15) is 84.0 Å². The summed E-state index contributed by atoms with van der Waals surface area (Å²) < 4.78 is 5.01. The Bertz CT molecular complexity index is 289. The van der Waals surface area contributed by atoms with Gasteiger partial charge in [0.15, 0.2) is 0 Å². The number of hydrogen-bond donors (Lipinski definition) is 2. The van der Waals surface area contributed by atoms with Gasteiger partial charge < -0.3 is 14.9 Å². The van der Waals surface area contributed by atoms with Crippen LogP contribution in [0.3, 0.4) is 0 Å². The van der Waals surface area contributed by atoms with Crippen LogP contribution in [-0.2, 0) is 9.53 Å². The standard InChI is InChI=1S/C19H36O4/c1-2-3-4-5-6-7-8-9-10-11-12-13-16-23-19(22)15-14-18(21)17-20/h14-15,18,20-21H,2-13,16-17H2,1H3/b15-14+/t18-/m0/s1. The summed E-state index contributed by atoms with van der Waals surface area (Å²) in [5.41, 5.74) is 0. The highest BCUT2D eigenvalue weighted by molar-refractivity contribution is 5.81. The molecule has 0 bridgehead atoms. The van der Waals surface area contributed by atoms with Crippen LogP contribution in [0.15, 0.2) is 12.2 Å². The monoisotopic (exact) mass is 328 g/mol. The lowest BCUT2D eigenvalue weighted by Gasteiger charge is -2.04. The van der Waals surface area contributed by atoms with Crippen molar-refractivity contribution in [2.75, 3.05) is 13.2 Å². The normalized spacial score (nSPS) is 12.7. The molecule has 0 aliphatic carbocycles. The molecule has 0 saturated carbocycles. The van der Waals surface area contributed by atoms with E-state index in [9.17, 15) is 4.79 Å². The average Bonchev–Trinajstić information content (AvgIpc) is 2.56. The van der Waals surface area contributed by atoms with Gasteiger partial charge in [-0.2, -0.15) is 0 Å². The molecule has 2 N–H and O–H groups in total. The molecule has 23 heavy (non-hydrogen) atoms. The second-order valence-corrected chi connectivity index (χ2v) is 6.17. The third-order valence-corrected chi connectivity index (χ3v) is 3.88. The molecule has 4 heteroatoms. The molecule has 0 aromatic heterocycles. The second kappa shape index (κ2) is 17.5. The molecule has 0 radical (unpaired) electrons. The van der Waals surface area contributed by atoms with Gasteiger partial charge in [-0.1, -0.05) is 77.6 Å². The fourth-order valence-corrected chi connectivity index (χ4v) is 2.41. The Hall–Kier alpha value is -0.870. The molecule has 4 nitrogen and oxygen atoms in total. The zero-order chi connectivity index (χ0) is 17.2. The minimum Gasteiger partial charge on any atom is -0.463 e. The van der Waals surface area contributed by atoms with E-state index in [0.717, 1.165) is 12.8 Å². The number of hydrogen-bond acceptors (Lipinski definition) is 4. The lowest BCUT2D eigenvalue weighted by atomic mass is 10.1. The first-order chi connectivity index (χ1) is 11.2. The largest absolute Gasteiger partial charge is 0.463 e. The molecule has 0 fully saturated rings. The van der Waals surface area contributed by atoms with Gasteiger partial charge in [0.05, 0.1) is 19.3 Å². The number of unbranched alkanes of at least 4 members (excludes halogenated alkanes) is 11. The van der Waals surface area contributed by atoms with Gasteiger partial charge in [-0.15, -0.1) is 0 Å². The zero-order valence-corrected chi connectivity index (χ0v) is 14.8. The summed E-state index contributed by atoms with van der Waals surface area (Å²) in [5.74, 6) is -0.458. The van der Waals surface area contributed by atoms with E-state index in [1.807, 2.05) is 0 Å². The second-order valence-electron chi connectivity index (χ2n) is 6.17. The van der Waals surface area contributed by atoms with Crippen LogP contribution in [0.4, 0.5) is 0 Å². The van der Waals surface area contributed by atoms with Gasteiger partial charge in [0.2, 0.25) is 0 Å². The maximum absolute atomic E-state index is 11.3. The molecule has 1 atom stereocenters. The molecule has 0 unspecified atom stereocenters. The van der Waals surface area contributed by atoms with Gasteiger partial charge in [0.1, 0.15) is 0 Å². The number of ether oxygens (including phenoxy) is 1. The van der Waals surface area contributed by atoms with E-state index in [1.54, 1.807) is 0 Å². The Balaban J connectivity index is 3.21. The van der Waals surface area contributed by atoms with Crippen LogP contribution in [0.5, 0.6) is 0 Å². The third-order valence-electron chi connectivity index (χ3n) is 3.88. The summed E-state index contributed by atoms with van der Waals surface area (Å²) in [6.07, 6.45) is 16.8. The smallest absolute Gasteiger partial charge is 0.330 e. The highest BCUT2D eigenvalue weighted by Gasteiger charge is 2.00. The van der Waals surface area contributed by atoms with Crippen molar-refractivity contribution in [1.29, 1.82) is 0 Å². The van der Waals surface area contributed by atoms with Crippen molar-refractivity contribution in [3.63, 3.8) is 0 Å². The van der Waals surface area contributed by atoms with Crippen LogP contribution in [0.25, 0.3) is 0 Å². The lowest BCUT2D eigenvalue weighted by molar-refractivity contribution is -0.137. The Morgan fingerprint density at radius 3 is 1.87 bits per heavy atom. The molecule has 0 saturated heterocycles. The zero-order valence-electron chi connectivity index (χ0n) is 14.8. The first-order valence-electron chi connectivity index (χ1n) is 9.34. The Morgan fingerprint density at radius 1 is 0.913 bits per heavy atom. The van der Waals surface area contributed by atoms with Gasteiger partial charge in [-0.25, -0.2) is 4.79 Å². The summed E-state index contributed by atoms with van der Waals surface area (Å²) in [7, 11) is 0. The highest BCUT2D eigenvalue weighted by Crippen LogP contribution is 2.11. The number of aliphatic hydroxyl groups is 2. The van der Waals surface area contributed by atoms with Gasteiger partial charge in [-0.3, -0.25) is 0 Å². The van der Waals surface area contributed by atoms with Gasteiger partial charge >= 0.3 is 5.97 Å². The molecular formula is C19H36O4. The molecule has 0 heterocycles. The average molecular weight is 328 g/mol. The number of rotatable bonds is 16. The molecule has 136 valence electrons. The third kappa shape index (κ3) is 17.3. The number of carbonyl (C=O) groups is 1. The molecule has 0 spiro atoms. The molecule has 0 aromatic carbocycles. The van der Waals surface area contributed by atoms with Gasteiger partial charge in [0.25, 0.3) is 0 Å². The first kappa shape index (κ1) is 22.1. The summed E-state index contributed by atoms with van der Waals surface area (Å²) in [4.78, 5) is 11.3. The van der Waals surface area contributed by atoms with Crippen molar-refractivity contribution >= 4 is 5.97 Å². The quantitative estimate of drug-likeness (QED) is 0.254. The number of esters is 1. The summed E-state index contributed by atoms with van der Waals surface area (Å²) in [5, 5.41) is 17.6. The maximum Gasteiger partial charge on any atom is 0.330 e. The predicted octanol–water partition coefficient (Wildman–Crippen LogP) is 4.14. The summed E-state index contributed by atoms with van der Waals surface area (Å²) in [6, 6.07) is 0. The number of carbonyl (C=O) groups excluding carboxylic acids is 1. The van der Waals surface area contributed by atoms with E-state index >= 15 is 0 Å². The molecule has 0 aliphatic heterocycles. The van der Waals surface area contributed by atoms with E-state index in [1.165, 1.54) is 76.4 Å². The Labute approximate surface area is 141 Å². The fraction of sp³-hybridized carbons (Fsp3) is 0.842. The van der Waals surface area contributed by atoms with E-state index in [-0.39, 0.29) is 6.61 Å². The summed E-state index contributed by atoms with van der Waals surface area (Å²) in [6.45, 7) is 2.29. The van der Waals surface area contributed by atoms with E-state index < -0.39 is 12.1 Å². The van der Waals surface area contributed by atoms with Crippen molar-refractivity contribution < 1.29 is 19.7 Å². The molecule has 0 aliphatic rings. The van der Waals surface area contributed by atoms with Gasteiger partial charge in [-0.05, 0) is 12.5 Å². The van der Waals surface area contributed by atoms with Crippen molar-refractivity contribution in [3.8, 4) is 0 Å². The van der Waals surface area contributed by atoms with E-state index in [4.69, 9.17) is 14.9 Å². The molecular weight excluding hydrogens is 292 g/mol. The SMILES string of the molecule is CCCCCCCCCCCCCCOC(=O)/C=C/[C@H](O)CO. The van der Waals surface area contributed by atoms with Gasteiger partial charge in [0, 0.05) is 6.08 Å². The Morgan fingerprint density at radius 2 is 1.39 bits per heavy atom. The minimum atomic E-state index is -0.991. The summed E-state index contributed by atoms with van der Waals surface area (Å²) >= 11 is 0. The van der Waals surface area contributed by atoms with Crippen molar-refractivity contribution in [2.24, 2.45) is 0 Å². The lowest BCUT2D eigenvalue weighted by Crippen LogP contribution is -2.09. The van der Waals surface area contributed by atoms with Crippen molar-refractivity contribution in [2.45, 2.75) is 90.1 Å². The topological polar surface area (TPSA) is 66.8 Å². The highest BCUT2D eigenvalue weighted by atomic mass is 16.5.